The lowest BCUT2D eigenvalue weighted by atomic mass is 10.2. The van der Waals surface area contributed by atoms with Gasteiger partial charge in [-0.3, -0.25) is 4.79 Å². The van der Waals surface area contributed by atoms with E-state index in [9.17, 15) is 14.4 Å². The molecule has 2 fully saturated rings. The molecule has 2 amide bonds. The number of cyclic esters (lactones) is 1. The monoisotopic (exact) mass is 383 g/mol. The van der Waals surface area contributed by atoms with Gasteiger partial charge in [-0.25, -0.2) is 14.5 Å². The number of imide groups is 1. The lowest BCUT2D eigenvalue weighted by Crippen LogP contribution is -2.35. The van der Waals surface area contributed by atoms with Crippen LogP contribution in [0.2, 0.25) is 0 Å². The zero-order valence-corrected chi connectivity index (χ0v) is 15.0. The minimum absolute atomic E-state index is 0.162. The smallest absolute Gasteiger partial charge is 0.416 e. The van der Waals surface area contributed by atoms with Gasteiger partial charge in [0, 0.05) is 11.5 Å². The molecule has 7 nitrogen and oxygen atoms in total. The molecule has 3 rings (SSSR count). The van der Waals surface area contributed by atoms with Crippen LogP contribution in [0.25, 0.3) is 0 Å². The first-order valence-corrected chi connectivity index (χ1v) is 9.82. The second kappa shape index (κ2) is 8.48. The molecule has 0 saturated carbocycles. The van der Waals surface area contributed by atoms with E-state index in [1.54, 1.807) is 0 Å². The highest BCUT2D eigenvalue weighted by Crippen LogP contribution is 2.45. The number of hydrogen-bond donors (Lipinski definition) is 0. The Labute approximate surface area is 153 Å². The Morgan fingerprint density at radius 1 is 1.16 bits per heavy atom. The van der Waals surface area contributed by atoms with Crippen molar-refractivity contribution in [3.63, 3.8) is 0 Å². The number of carbonyl (C=O) groups excluding carboxylic acids is 3. The van der Waals surface area contributed by atoms with Crippen molar-refractivity contribution in [1.29, 1.82) is 0 Å². The third kappa shape index (κ3) is 4.82. The number of benzene rings is 1. The molecule has 2 heterocycles. The van der Waals surface area contributed by atoms with Crippen molar-refractivity contribution in [2.75, 3.05) is 37.9 Å². The van der Waals surface area contributed by atoms with E-state index in [0.29, 0.717) is 10.3 Å². The number of thioether (sulfide) groups is 2. The van der Waals surface area contributed by atoms with Crippen molar-refractivity contribution < 1.29 is 28.6 Å². The van der Waals surface area contributed by atoms with Gasteiger partial charge in [0.15, 0.2) is 13.2 Å². The molecular formula is C16H17NO6S2. The Morgan fingerprint density at radius 2 is 1.88 bits per heavy atom. The van der Waals surface area contributed by atoms with Gasteiger partial charge in [0.05, 0.1) is 11.1 Å². The van der Waals surface area contributed by atoms with Gasteiger partial charge in [0.25, 0.3) is 5.91 Å². The van der Waals surface area contributed by atoms with E-state index < -0.39 is 24.6 Å². The Bertz CT molecular complexity index is 645. The molecule has 2 aliphatic rings. The Hall–Kier alpha value is -1.87. The van der Waals surface area contributed by atoms with Crippen LogP contribution in [0.1, 0.15) is 10.1 Å². The maximum atomic E-state index is 11.7. The van der Waals surface area contributed by atoms with E-state index in [1.165, 1.54) is 5.56 Å². The van der Waals surface area contributed by atoms with Gasteiger partial charge in [-0.1, -0.05) is 12.1 Å². The van der Waals surface area contributed by atoms with Crippen LogP contribution in [0.3, 0.4) is 0 Å². The first kappa shape index (κ1) is 17.9. The van der Waals surface area contributed by atoms with Crippen LogP contribution in [-0.2, 0) is 19.1 Å². The molecule has 9 heteroatoms. The van der Waals surface area contributed by atoms with Gasteiger partial charge in [0.2, 0.25) is 0 Å². The summed E-state index contributed by atoms with van der Waals surface area (Å²) in [5, 5.41) is 0. The zero-order valence-electron chi connectivity index (χ0n) is 13.3. The fourth-order valence-electron chi connectivity index (χ4n) is 2.30. The Balaban J connectivity index is 1.39. The molecule has 0 aromatic heterocycles. The van der Waals surface area contributed by atoms with E-state index in [4.69, 9.17) is 9.47 Å². The number of amides is 2. The average molecular weight is 383 g/mol. The van der Waals surface area contributed by atoms with Crippen LogP contribution in [0.15, 0.2) is 24.3 Å². The Kier molecular flexibility index (Phi) is 6.09. The number of rotatable bonds is 6. The third-order valence-electron chi connectivity index (χ3n) is 3.55. The van der Waals surface area contributed by atoms with Crippen LogP contribution >= 0.6 is 23.5 Å². The summed E-state index contributed by atoms with van der Waals surface area (Å²) in [6.07, 6.45) is -0.712. The van der Waals surface area contributed by atoms with Gasteiger partial charge in [0.1, 0.15) is 12.4 Å². The molecule has 0 radical (unpaired) electrons. The number of nitrogens with zero attached hydrogens (tertiary/aromatic N) is 1. The van der Waals surface area contributed by atoms with Crippen molar-refractivity contribution in [2.24, 2.45) is 0 Å². The predicted molar refractivity (Wildman–Crippen MR) is 93.6 cm³/mol. The highest BCUT2D eigenvalue weighted by Gasteiger charge is 2.28. The number of carbonyl (C=O) groups is 3. The minimum Gasteiger partial charge on any atom is -0.482 e. The second-order valence-electron chi connectivity index (χ2n) is 5.25. The first-order valence-electron chi connectivity index (χ1n) is 7.72. The van der Waals surface area contributed by atoms with Crippen molar-refractivity contribution in [3.8, 4) is 5.75 Å². The first-order chi connectivity index (χ1) is 12.1. The maximum absolute atomic E-state index is 11.7. The van der Waals surface area contributed by atoms with Gasteiger partial charge < -0.3 is 14.2 Å². The number of ether oxygens (including phenoxy) is 3. The highest BCUT2D eigenvalue weighted by molar-refractivity contribution is 8.19. The van der Waals surface area contributed by atoms with Crippen LogP contribution in [0.4, 0.5) is 4.79 Å². The van der Waals surface area contributed by atoms with E-state index in [1.807, 2.05) is 47.8 Å². The van der Waals surface area contributed by atoms with Gasteiger partial charge >= 0.3 is 12.1 Å². The molecule has 25 heavy (non-hydrogen) atoms. The van der Waals surface area contributed by atoms with Gasteiger partial charge in [-0.05, 0) is 17.7 Å². The number of esters is 1. The van der Waals surface area contributed by atoms with E-state index in [0.717, 1.165) is 16.4 Å². The van der Waals surface area contributed by atoms with Crippen LogP contribution in [0.5, 0.6) is 5.75 Å². The lowest BCUT2D eigenvalue weighted by molar-refractivity contribution is -0.152. The average Bonchev–Trinajstić information content (AvgIpc) is 3.30. The highest BCUT2D eigenvalue weighted by atomic mass is 32.2. The summed E-state index contributed by atoms with van der Waals surface area (Å²) in [6.45, 7) is -0.471. The molecule has 1 aromatic carbocycles. The van der Waals surface area contributed by atoms with Crippen LogP contribution < -0.4 is 4.74 Å². The third-order valence-corrected chi connectivity index (χ3v) is 6.65. The summed E-state index contributed by atoms with van der Waals surface area (Å²) >= 11 is 3.84. The molecule has 0 bridgehead atoms. The molecule has 134 valence electrons. The Morgan fingerprint density at radius 3 is 2.52 bits per heavy atom. The molecule has 0 atom stereocenters. The summed E-state index contributed by atoms with van der Waals surface area (Å²) in [7, 11) is 0. The SMILES string of the molecule is O=C(COc1ccc(C2SCCS2)cc1)OCC(=O)N1CCOC1=O. The maximum Gasteiger partial charge on any atom is 0.416 e. The summed E-state index contributed by atoms with van der Waals surface area (Å²) in [6, 6.07) is 7.60. The quantitative estimate of drug-likeness (QED) is 0.691. The molecular weight excluding hydrogens is 366 g/mol. The van der Waals surface area contributed by atoms with Crippen LogP contribution in [0, 0.1) is 0 Å². The summed E-state index contributed by atoms with van der Waals surface area (Å²) in [5.41, 5.74) is 1.23. The fraction of sp³-hybridized carbons (Fsp3) is 0.438. The molecule has 0 N–H and O–H groups in total. The van der Waals surface area contributed by atoms with Crippen molar-refractivity contribution >= 4 is 41.5 Å². The second-order valence-corrected chi connectivity index (χ2v) is 7.98. The van der Waals surface area contributed by atoms with E-state index >= 15 is 0 Å². The molecule has 0 spiro atoms. The van der Waals surface area contributed by atoms with E-state index in [-0.39, 0.29) is 19.8 Å². The summed E-state index contributed by atoms with van der Waals surface area (Å²) < 4.78 is 15.3. The van der Waals surface area contributed by atoms with Crippen molar-refractivity contribution in [3.05, 3.63) is 29.8 Å². The van der Waals surface area contributed by atoms with E-state index in [2.05, 4.69) is 4.74 Å². The van der Waals surface area contributed by atoms with Gasteiger partial charge in [-0.15, -0.1) is 23.5 Å². The lowest BCUT2D eigenvalue weighted by Gasteiger charge is -2.12. The molecule has 0 unspecified atom stereocenters. The zero-order chi connectivity index (χ0) is 17.6. The normalized spacial score (nSPS) is 17.4. The molecule has 0 aliphatic carbocycles. The summed E-state index contributed by atoms with van der Waals surface area (Å²) in [4.78, 5) is 35.5. The minimum atomic E-state index is -0.712. The standard InChI is InChI=1S/C16H17NO6S2/c18-13(17-5-6-21-16(17)20)9-23-14(19)10-22-12-3-1-11(2-4-12)15-24-7-8-25-15/h1-4,15H,5-10H2. The van der Waals surface area contributed by atoms with Gasteiger partial charge in [-0.2, -0.15) is 0 Å². The largest absolute Gasteiger partial charge is 0.482 e. The molecule has 2 aliphatic heterocycles. The molecule has 1 aromatic rings. The van der Waals surface area contributed by atoms with Crippen LogP contribution in [-0.4, -0.2) is 60.7 Å². The summed E-state index contributed by atoms with van der Waals surface area (Å²) in [5.74, 6) is 1.60. The predicted octanol–water partition coefficient (Wildman–Crippen LogP) is 2.07. The number of hydrogen-bond acceptors (Lipinski definition) is 8. The fourth-order valence-corrected chi connectivity index (χ4v) is 5.16. The topological polar surface area (TPSA) is 82.1 Å². The van der Waals surface area contributed by atoms with Crippen molar-refractivity contribution in [2.45, 2.75) is 4.58 Å². The molecule has 2 saturated heterocycles. The van der Waals surface area contributed by atoms with Crippen molar-refractivity contribution in [1.82, 2.24) is 4.90 Å².